The summed E-state index contributed by atoms with van der Waals surface area (Å²) in [6, 6.07) is 17.8. The highest BCUT2D eigenvalue weighted by Crippen LogP contribution is 2.27. The van der Waals surface area contributed by atoms with Gasteiger partial charge in [-0.25, -0.2) is 4.79 Å². The number of ether oxygens (including phenoxy) is 3. The van der Waals surface area contributed by atoms with E-state index < -0.39 is 6.16 Å². The lowest BCUT2D eigenvalue weighted by Crippen LogP contribution is -2.23. The Kier molecular flexibility index (Phi) is 9.34. The molecule has 0 aliphatic carbocycles. The molecule has 182 valence electrons. The van der Waals surface area contributed by atoms with Crippen LogP contribution >= 0.6 is 23.2 Å². The van der Waals surface area contributed by atoms with Crippen LogP contribution in [0, 0.1) is 0 Å². The lowest BCUT2D eigenvalue weighted by molar-refractivity contribution is -0.118. The number of amides is 2. The third-order valence-corrected chi connectivity index (χ3v) is 5.05. The molecule has 0 aromatic heterocycles. The van der Waals surface area contributed by atoms with Crippen LogP contribution in [-0.4, -0.2) is 31.2 Å². The average molecular weight is 517 g/mol. The molecule has 0 saturated heterocycles. The Bertz CT molecular complexity index is 1180. The van der Waals surface area contributed by atoms with Gasteiger partial charge in [-0.3, -0.25) is 9.59 Å². The summed E-state index contributed by atoms with van der Waals surface area (Å²) >= 11 is 11.9. The molecule has 0 saturated carbocycles. The van der Waals surface area contributed by atoms with E-state index in [9.17, 15) is 14.4 Å². The number of rotatable bonds is 9. The zero-order valence-corrected chi connectivity index (χ0v) is 20.2. The van der Waals surface area contributed by atoms with E-state index in [-0.39, 0.29) is 37.3 Å². The molecule has 3 rings (SSSR count). The summed E-state index contributed by atoms with van der Waals surface area (Å²) in [6.45, 7) is 1.95. The molecule has 8 nitrogen and oxygen atoms in total. The SMILES string of the molecule is CCOC(=O)Oc1ccc(C(=O)NCc2ccc(NC(=O)COc3ccc(Cl)cc3Cl)cc2)cc1. The van der Waals surface area contributed by atoms with E-state index in [1.807, 2.05) is 0 Å². The molecule has 0 aliphatic heterocycles. The van der Waals surface area contributed by atoms with Crippen molar-refractivity contribution in [3.8, 4) is 11.5 Å². The fourth-order valence-corrected chi connectivity index (χ4v) is 3.30. The number of halogens is 2. The molecule has 2 N–H and O–H groups in total. The first-order valence-corrected chi connectivity index (χ1v) is 11.3. The first-order chi connectivity index (χ1) is 16.8. The molecule has 0 unspecified atom stereocenters. The summed E-state index contributed by atoms with van der Waals surface area (Å²) in [4.78, 5) is 35.8. The molecule has 0 fully saturated rings. The first-order valence-electron chi connectivity index (χ1n) is 10.5. The van der Waals surface area contributed by atoms with Crippen molar-refractivity contribution in [2.24, 2.45) is 0 Å². The molecule has 0 spiro atoms. The third kappa shape index (κ3) is 8.20. The monoisotopic (exact) mass is 516 g/mol. The van der Waals surface area contributed by atoms with Gasteiger partial charge in [0.15, 0.2) is 6.61 Å². The molecule has 35 heavy (non-hydrogen) atoms. The maximum absolute atomic E-state index is 12.4. The maximum Gasteiger partial charge on any atom is 0.513 e. The summed E-state index contributed by atoms with van der Waals surface area (Å²) in [5, 5.41) is 6.32. The topological polar surface area (TPSA) is 103 Å². The third-order valence-electron chi connectivity index (χ3n) is 4.52. The number of hydrogen-bond donors (Lipinski definition) is 2. The number of hydrogen-bond acceptors (Lipinski definition) is 6. The zero-order valence-electron chi connectivity index (χ0n) is 18.7. The molecule has 3 aromatic carbocycles. The lowest BCUT2D eigenvalue weighted by Gasteiger charge is -2.10. The van der Waals surface area contributed by atoms with E-state index >= 15 is 0 Å². The van der Waals surface area contributed by atoms with E-state index in [0.717, 1.165) is 5.56 Å². The molecular weight excluding hydrogens is 495 g/mol. The number of carbonyl (C=O) groups is 3. The highest BCUT2D eigenvalue weighted by molar-refractivity contribution is 6.35. The molecule has 0 aliphatic rings. The van der Waals surface area contributed by atoms with Crippen molar-refractivity contribution in [3.05, 3.63) is 87.9 Å². The van der Waals surface area contributed by atoms with Crippen LogP contribution in [0.5, 0.6) is 11.5 Å². The second-order valence-corrected chi connectivity index (χ2v) is 7.94. The average Bonchev–Trinajstić information content (AvgIpc) is 2.83. The Balaban J connectivity index is 1.44. The zero-order chi connectivity index (χ0) is 25.2. The van der Waals surface area contributed by atoms with Gasteiger partial charge in [-0.15, -0.1) is 0 Å². The van der Waals surface area contributed by atoms with Crippen molar-refractivity contribution >= 4 is 46.9 Å². The number of benzene rings is 3. The summed E-state index contributed by atoms with van der Waals surface area (Å²) in [5.41, 5.74) is 1.82. The Morgan fingerprint density at radius 3 is 2.29 bits per heavy atom. The van der Waals surface area contributed by atoms with Gasteiger partial charge >= 0.3 is 6.16 Å². The fraction of sp³-hybridized carbons (Fsp3) is 0.160. The summed E-state index contributed by atoms with van der Waals surface area (Å²) in [6.07, 6.45) is -0.803. The first kappa shape index (κ1) is 25.9. The minimum atomic E-state index is -0.803. The standard InChI is InChI=1S/C25H22Cl2N2O6/c1-2-33-25(32)35-20-10-5-17(6-11-20)24(31)28-14-16-3-8-19(9-4-16)29-23(30)15-34-22-12-7-18(26)13-21(22)27/h3-13H,2,14-15H2,1H3,(H,28,31)(H,29,30). The Labute approximate surface area is 212 Å². The predicted octanol–water partition coefficient (Wildman–Crippen LogP) is 5.48. The molecule has 3 aromatic rings. The summed E-state index contributed by atoms with van der Waals surface area (Å²) in [5.74, 6) is -0.00621. The van der Waals surface area contributed by atoms with Gasteiger partial charge in [-0.05, 0) is 67.1 Å². The largest absolute Gasteiger partial charge is 0.513 e. The van der Waals surface area contributed by atoms with Crippen molar-refractivity contribution in [3.63, 3.8) is 0 Å². The Morgan fingerprint density at radius 2 is 1.63 bits per heavy atom. The predicted molar refractivity (Wildman–Crippen MR) is 132 cm³/mol. The Hall–Kier alpha value is -3.75. The molecule has 10 heteroatoms. The van der Waals surface area contributed by atoms with Gasteiger partial charge in [0, 0.05) is 22.8 Å². The lowest BCUT2D eigenvalue weighted by atomic mass is 10.1. The maximum atomic E-state index is 12.4. The fourth-order valence-electron chi connectivity index (χ4n) is 2.84. The van der Waals surface area contributed by atoms with Gasteiger partial charge in [-0.2, -0.15) is 0 Å². The van der Waals surface area contributed by atoms with Crippen molar-refractivity contribution < 1.29 is 28.6 Å². The van der Waals surface area contributed by atoms with E-state index in [1.54, 1.807) is 55.5 Å². The van der Waals surface area contributed by atoms with E-state index in [1.165, 1.54) is 18.2 Å². The highest BCUT2D eigenvalue weighted by atomic mass is 35.5. The highest BCUT2D eigenvalue weighted by Gasteiger charge is 2.10. The molecule has 2 amide bonds. The Morgan fingerprint density at radius 1 is 0.914 bits per heavy atom. The summed E-state index contributed by atoms with van der Waals surface area (Å²) in [7, 11) is 0. The minimum Gasteiger partial charge on any atom is -0.482 e. The van der Waals surface area contributed by atoms with Crippen LogP contribution in [-0.2, 0) is 16.1 Å². The van der Waals surface area contributed by atoms with Crippen LogP contribution in [0.15, 0.2) is 66.7 Å². The van der Waals surface area contributed by atoms with Gasteiger partial charge in [0.2, 0.25) is 0 Å². The van der Waals surface area contributed by atoms with Gasteiger partial charge in [0.25, 0.3) is 11.8 Å². The minimum absolute atomic E-state index is 0.209. The van der Waals surface area contributed by atoms with Crippen LogP contribution < -0.4 is 20.1 Å². The normalized spacial score (nSPS) is 10.3. The second-order valence-electron chi connectivity index (χ2n) is 7.10. The van der Waals surface area contributed by atoms with Crippen molar-refractivity contribution in [2.75, 3.05) is 18.5 Å². The van der Waals surface area contributed by atoms with Crippen LogP contribution in [0.2, 0.25) is 10.0 Å². The number of anilines is 1. The van der Waals surface area contributed by atoms with Crippen molar-refractivity contribution in [2.45, 2.75) is 13.5 Å². The quantitative estimate of drug-likeness (QED) is 0.288. The van der Waals surface area contributed by atoms with Crippen LogP contribution in [0.25, 0.3) is 0 Å². The van der Waals surface area contributed by atoms with Gasteiger partial charge in [0.1, 0.15) is 11.5 Å². The molecule has 0 bridgehead atoms. The van der Waals surface area contributed by atoms with Gasteiger partial charge in [-0.1, -0.05) is 35.3 Å². The second kappa shape index (κ2) is 12.6. The van der Waals surface area contributed by atoms with Gasteiger partial charge in [0.05, 0.1) is 11.6 Å². The number of nitrogens with one attached hydrogen (secondary N) is 2. The van der Waals surface area contributed by atoms with Crippen molar-refractivity contribution in [1.82, 2.24) is 5.32 Å². The van der Waals surface area contributed by atoms with E-state index in [0.29, 0.717) is 27.0 Å². The molecule has 0 heterocycles. The molecule has 0 radical (unpaired) electrons. The molecule has 0 atom stereocenters. The van der Waals surface area contributed by atoms with Gasteiger partial charge < -0.3 is 24.8 Å². The van der Waals surface area contributed by atoms with E-state index in [2.05, 4.69) is 10.6 Å². The smallest absolute Gasteiger partial charge is 0.482 e. The summed E-state index contributed by atoms with van der Waals surface area (Å²) < 4.78 is 15.1. The van der Waals surface area contributed by atoms with E-state index in [4.69, 9.17) is 37.4 Å². The van der Waals surface area contributed by atoms with Crippen LogP contribution in [0.1, 0.15) is 22.8 Å². The molecular formula is C25H22Cl2N2O6. The van der Waals surface area contributed by atoms with Crippen molar-refractivity contribution in [1.29, 1.82) is 0 Å². The van der Waals surface area contributed by atoms with Crippen LogP contribution in [0.4, 0.5) is 10.5 Å². The van der Waals surface area contributed by atoms with Crippen LogP contribution in [0.3, 0.4) is 0 Å². The number of carbonyl (C=O) groups excluding carboxylic acids is 3.